The molecule has 10 heteroatoms. The van der Waals surface area contributed by atoms with Crippen LogP contribution in [0.15, 0.2) is 53.2 Å². The molecule has 0 radical (unpaired) electrons. The summed E-state index contributed by atoms with van der Waals surface area (Å²) in [5, 5.41) is 9.97. The van der Waals surface area contributed by atoms with Crippen molar-refractivity contribution in [1.29, 1.82) is 0 Å². The molecule has 34 heavy (non-hydrogen) atoms. The maximum Gasteiger partial charge on any atom is 0.408 e. The zero-order valence-corrected chi connectivity index (χ0v) is 20.5. The first-order chi connectivity index (χ1) is 16.0. The fraction of sp³-hybridized carbons (Fsp3) is 0.417. The van der Waals surface area contributed by atoms with Gasteiger partial charge < -0.3 is 24.9 Å². The lowest BCUT2D eigenvalue weighted by Crippen LogP contribution is -2.48. The summed E-state index contributed by atoms with van der Waals surface area (Å²) in [6.45, 7) is 5.29. The smallest absolute Gasteiger partial charge is 0.408 e. The third-order valence-electron chi connectivity index (χ3n) is 4.13. The number of nitrogens with one attached hydrogen (secondary N) is 2. The van der Waals surface area contributed by atoms with Gasteiger partial charge in [-0.15, -0.1) is 0 Å². The highest BCUT2D eigenvalue weighted by molar-refractivity contribution is 5.86. The highest BCUT2D eigenvalue weighted by Crippen LogP contribution is 2.17. The number of alkyl carbamates (subject to hydrolysis) is 1. The normalized spacial score (nSPS) is 13.7. The van der Waals surface area contributed by atoms with E-state index in [1.165, 1.54) is 18.1 Å². The maximum absolute atomic E-state index is 12.5. The molecule has 0 fully saturated rings. The molecule has 186 valence electrons. The van der Waals surface area contributed by atoms with Crippen molar-refractivity contribution in [2.24, 2.45) is 4.99 Å². The number of aldehydes is 1. The molecule has 2 rings (SSSR count). The summed E-state index contributed by atoms with van der Waals surface area (Å²) in [7, 11) is 4.70. The summed E-state index contributed by atoms with van der Waals surface area (Å²) in [6, 6.07) is 6.41. The van der Waals surface area contributed by atoms with Gasteiger partial charge in [0, 0.05) is 45.8 Å². The van der Waals surface area contributed by atoms with Crippen LogP contribution in [0.4, 0.5) is 4.79 Å². The molecule has 3 N–H and O–H groups in total. The predicted molar refractivity (Wildman–Crippen MR) is 129 cm³/mol. The molecule has 1 atom stereocenters. The minimum Gasteiger partial charge on any atom is -0.444 e. The zero-order chi connectivity index (χ0) is 25.7. The van der Waals surface area contributed by atoms with Gasteiger partial charge in [-0.05, 0) is 38.5 Å². The lowest BCUT2D eigenvalue weighted by Gasteiger charge is -2.25. The standard InChI is InChI=1S/C23H29N3O5.CH5NO/c1-23(2,3)31-22(29)25-19(21(28)26(4)5)13-16-9-11-18(12-10-16)30-20-8-6-7-17(15-27)14-24-20;1-2-3/h6-7,9-12,14-15,19H,8,13H2,1-5H3,(H,25,29);2-3H,1H3. The molecule has 1 aliphatic heterocycles. The molecule has 0 aromatic heterocycles. The first-order valence-electron chi connectivity index (χ1n) is 10.7. The average Bonchev–Trinajstić information content (AvgIpc) is 2.98. The zero-order valence-electron chi connectivity index (χ0n) is 20.5. The van der Waals surface area contributed by atoms with Crippen molar-refractivity contribution in [2.45, 2.75) is 45.3 Å². The quantitative estimate of drug-likeness (QED) is 0.427. The first-order valence-corrected chi connectivity index (χ1v) is 10.7. The van der Waals surface area contributed by atoms with E-state index in [1.54, 1.807) is 64.6 Å². The fourth-order valence-electron chi connectivity index (χ4n) is 2.70. The summed E-state index contributed by atoms with van der Waals surface area (Å²) < 4.78 is 11.0. The maximum atomic E-state index is 12.5. The summed E-state index contributed by atoms with van der Waals surface area (Å²) in [5.74, 6) is 0.811. The number of rotatable bonds is 6. The minimum absolute atomic E-state index is 0.233. The van der Waals surface area contributed by atoms with Crippen LogP contribution >= 0.6 is 0 Å². The second-order valence-electron chi connectivity index (χ2n) is 8.48. The van der Waals surface area contributed by atoms with Gasteiger partial charge >= 0.3 is 6.09 Å². The first kappa shape index (κ1) is 28.5. The number of benzene rings is 1. The van der Waals surface area contributed by atoms with Crippen molar-refractivity contribution >= 4 is 24.2 Å². The highest BCUT2D eigenvalue weighted by atomic mass is 16.6. The van der Waals surface area contributed by atoms with E-state index in [0.717, 1.165) is 11.8 Å². The summed E-state index contributed by atoms with van der Waals surface area (Å²) in [4.78, 5) is 41.1. The number of amides is 2. The van der Waals surface area contributed by atoms with Gasteiger partial charge in [-0.1, -0.05) is 24.3 Å². The molecule has 1 aromatic rings. The Balaban J connectivity index is 0.00000182. The van der Waals surface area contributed by atoms with E-state index >= 15 is 0 Å². The van der Waals surface area contributed by atoms with E-state index < -0.39 is 17.7 Å². The van der Waals surface area contributed by atoms with Crippen LogP contribution in [0.5, 0.6) is 5.75 Å². The Labute approximate surface area is 200 Å². The SMILES string of the molecule is CN(C)C(=O)C(Cc1ccc(OC2=NC=C(C=O)C=CC2)cc1)NC(=O)OC(C)(C)C.CNO. The van der Waals surface area contributed by atoms with Crippen molar-refractivity contribution in [1.82, 2.24) is 15.7 Å². The van der Waals surface area contributed by atoms with Crippen molar-refractivity contribution in [3.05, 3.63) is 53.8 Å². The Kier molecular flexibility index (Phi) is 11.7. The van der Waals surface area contributed by atoms with E-state index in [9.17, 15) is 14.4 Å². The molecule has 1 aliphatic rings. The van der Waals surface area contributed by atoms with Gasteiger partial charge in [0.1, 0.15) is 17.4 Å². The lowest BCUT2D eigenvalue weighted by molar-refractivity contribution is -0.130. The molecule has 0 saturated carbocycles. The van der Waals surface area contributed by atoms with Gasteiger partial charge in [-0.3, -0.25) is 9.59 Å². The number of carbonyl (C=O) groups is 3. The summed E-state index contributed by atoms with van der Waals surface area (Å²) in [6.07, 6.45) is 5.81. The number of ether oxygens (including phenoxy) is 2. The van der Waals surface area contributed by atoms with Gasteiger partial charge in [0.15, 0.2) is 12.2 Å². The van der Waals surface area contributed by atoms with Crippen molar-refractivity contribution in [2.75, 3.05) is 21.1 Å². The van der Waals surface area contributed by atoms with Crippen LogP contribution in [0.2, 0.25) is 0 Å². The van der Waals surface area contributed by atoms with Gasteiger partial charge in [-0.2, -0.15) is 0 Å². The molecule has 10 nitrogen and oxygen atoms in total. The summed E-state index contributed by atoms with van der Waals surface area (Å²) in [5.41, 5.74) is 2.41. The molecule has 0 aliphatic carbocycles. The van der Waals surface area contributed by atoms with Crippen molar-refractivity contribution in [3.8, 4) is 5.75 Å². The molecule has 0 bridgehead atoms. The largest absolute Gasteiger partial charge is 0.444 e. The Bertz CT molecular complexity index is 914. The topological polar surface area (TPSA) is 130 Å². The molecule has 1 aromatic carbocycles. The van der Waals surface area contributed by atoms with Gasteiger partial charge in [0.05, 0.1) is 0 Å². The Morgan fingerprint density at radius 1 is 1.24 bits per heavy atom. The van der Waals surface area contributed by atoms with Crippen LogP contribution < -0.4 is 15.5 Å². The average molecular weight is 475 g/mol. The summed E-state index contributed by atoms with van der Waals surface area (Å²) >= 11 is 0. The van der Waals surface area contributed by atoms with Crippen LogP contribution in [0, 0.1) is 0 Å². The molecule has 2 amide bonds. The van der Waals surface area contributed by atoms with E-state index in [2.05, 4.69) is 10.3 Å². The number of allylic oxidation sites excluding steroid dienone is 2. The third-order valence-corrected chi connectivity index (χ3v) is 4.13. The van der Waals surface area contributed by atoms with E-state index in [0.29, 0.717) is 30.1 Å². The number of hydrogen-bond acceptors (Lipinski definition) is 8. The number of aliphatic imine (C=N–C) groups is 1. The molecule has 0 saturated heterocycles. The van der Waals surface area contributed by atoms with Crippen LogP contribution in [0.3, 0.4) is 0 Å². The van der Waals surface area contributed by atoms with Crippen LogP contribution in [-0.4, -0.2) is 67.1 Å². The second kappa shape index (κ2) is 13.9. The second-order valence-corrected chi connectivity index (χ2v) is 8.48. The minimum atomic E-state index is -0.764. The van der Waals surface area contributed by atoms with E-state index in [-0.39, 0.29) is 5.91 Å². The van der Waals surface area contributed by atoms with Crippen LogP contribution in [0.1, 0.15) is 32.8 Å². The van der Waals surface area contributed by atoms with E-state index in [4.69, 9.17) is 14.7 Å². The number of hydroxylamine groups is 1. The highest BCUT2D eigenvalue weighted by Gasteiger charge is 2.25. The predicted octanol–water partition coefficient (Wildman–Crippen LogP) is 2.63. The number of carbonyl (C=O) groups excluding carboxylic acids is 3. The van der Waals surface area contributed by atoms with Gasteiger partial charge in [-0.25, -0.2) is 15.3 Å². The molecular weight excluding hydrogens is 440 g/mol. The molecule has 0 spiro atoms. The monoisotopic (exact) mass is 474 g/mol. The molecular formula is C24H34N4O6. The fourth-order valence-corrected chi connectivity index (χ4v) is 2.70. The lowest BCUT2D eigenvalue weighted by atomic mass is 10.0. The van der Waals surface area contributed by atoms with Gasteiger partial charge in [0.2, 0.25) is 5.91 Å². The third kappa shape index (κ3) is 10.9. The number of likely N-dealkylation sites (N-methyl/N-ethyl adjacent to an activating group) is 1. The number of nitrogens with zero attached hydrogens (tertiary/aromatic N) is 2. The Morgan fingerprint density at radius 2 is 1.85 bits per heavy atom. The Hall–Kier alpha value is -3.50. The van der Waals surface area contributed by atoms with Crippen molar-refractivity contribution < 1.29 is 29.1 Å². The van der Waals surface area contributed by atoms with E-state index in [1.807, 2.05) is 12.1 Å². The van der Waals surface area contributed by atoms with Crippen LogP contribution in [-0.2, 0) is 20.7 Å². The molecule has 1 heterocycles. The van der Waals surface area contributed by atoms with Crippen molar-refractivity contribution in [3.63, 3.8) is 0 Å². The molecule has 1 unspecified atom stereocenters. The van der Waals surface area contributed by atoms with Gasteiger partial charge in [0.25, 0.3) is 0 Å². The Morgan fingerprint density at radius 3 is 2.38 bits per heavy atom. The van der Waals surface area contributed by atoms with Crippen LogP contribution in [0.25, 0.3) is 0 Å². The number of hydrogen-bond donors (Lipinski definition) is 3.